The van der Waals surface area contributed by atoms with E-state index in [1.165, 1.54) is 51.6 Å². The summed E-state index contributed by atoms with van der Waals surface area (Å²) in [5.41, 5.74) is 0. The van der Waals surface area contributed by atoms with Crippen molar-refractivity contribution in [2.24, 2.45) is 0 Å². The molecule has 2 heterocycles. The highest BCUT2D eigenvalue weighted by Gasteiger charge is 2.39. The quantitative estimate of drug-likeness (QED) is 0.806. The third kappa shape index (κ3) is 2.69. The van der Waals surface area contributed by atoms with Gasteiger partial charge in [0, 0.05) is 24.7 Å². The lowest BCUT2D eigenvalue weighted by Gasteiger charge is -2.40. The molecular formula is C14H24N2O2. The third-order valence-electron chi connectivity index (χ3n) is 4.86. The van der Waals surface area contributed by atoms with Gasteiger partial charge in [-0.15, -0.1) is 0 Å². The van der Waals surface area contributed by atoms with Gasteiger partial charge in [-0.1, -0.05) is 0 Å². The highest BCUT2D eigenvalue weighted by molar-refractivity contribution is 5.66. The van der Waals surface area contributed by atoms with E-state index >= 15 is 0 Å². The van der Waals surface area contributed by atoms with Crippen LogP contribution in [0, 0.1) is 0 Å². The number of aliphatic carboxylic acids is 1. The average molecular weight is 252 g/mol. The summed E-state index contributed by atoms with van der Waals surface area (Å²) in [6.45, 7) is 3.28. The molecule has 2 unspecified atom stereocenters. The SMILES string of the molecule is O=C(O)CCN(C1CC1)C1CCN2CCCC2C1. The van der Waals surface area contributed by atoms with Gasteiger partial charge >= 0.3 is 5.97 Å². The number of carbonyl (C=O) groups is 1. The summed E-state index contributed by atoms with van der Waals surface area (Å²) in [5, 5.41) is 8.88. The van der Waals surface area contributed by atoms with Gasteiger partial charge in [0.25, 0.3) is 0 Å². The highest BCUT2D eigenvalue weighted by atomic mass is 16.4. The van der Waals surface area contributed by atoms with Gasteiger partial charge < -0.3 is 10.0 Å². The molecule has 2 atom stereocenters. The second-order valence-electron chi connectivity index (χ2n) is 6.12. The van der Waals surface area contributed by atoms with Crippen LogP contribution in [0.1, 0.15) is 44.9 Å². The number of piperidine rings is 1. The van der Waals surface area contributed by atoms with E-state index < -0.39 is 5.97 Å². The fourth-order valence-corrected chi connectivity index (χ4v) is 3.80. The van der Waals surface area contributed by atoms with Crippen LogP contribution in [0.4, 0.5) is 0 Å². The Labute approximate surface area is 109 Å². The minimum Gasteiger partial charge on any atom is -0.481 e. The van der Waals surface area contributed by atoms with Crippen molar-refractivity contribution in [3.8, 4) is 0 Å². The fraction of sp³-hybridized carbons (Fsp3) is 0.929. The van der Waals surface area contributed by atoms with Crippen molar-refractivity contribution in [2.75, 3.05) is 19.6 Å². The molecule has 2 aliphatic heterocycles. The second kappa shape index (κ2) is 5.17. The van der Waals surface area contributed by atoms with E-state index in [4.69, 9.17) is 5.11 Å². The van der Waals surface area contributed by atoms with Gasteiger partial charge in [0.15, 0.2) is 0 Å². The van der Waals surface area contributed by atoms with Crippen LogP contribution in [0.2, 0.25) is 0 Å². The first-order valence-corrected chi connectivity index (χ1v) is 7.45. The molecule has 1 aliphatic carbocycles. The molecule has 0 aromatic rings. The normalized spacial score (nSPS) is 32.7. The summed E-state index contributed by atoms with van der Waals surface area (Å²) < 4.78 is 0. The topological polar surface area (TPSA) is 43.8 Å². The van der Waals surface area contributed by atoms with E-state index in [0.717, 1.165) is 12.6 Å². The first-order chi connectivity index (χ1) is 8.74. The number of hydrogen-bond donors (Lipinski definition) is 1. The minimum absolute atomic E-state index is 0.307. The fourth-order valence-electron chi connectivity index (χ4n) is 3.80. The first-order valence-electron chi connectivity index (χ1n) is 7.45. The summed E-state index contributed by atoms with van der Waals surface area (Å²) in [6, 6.07) is 2.13. The van der Waals surface area contributed by atoms with Gasteiger partial charge in [0.1, 0.15) is 0 Å². The number of nitrogens with zero attached hydrogens (tertiary/aromatic N) is 2. The van der Waals surface area contributed by atoms with Crippen LogP contribution >= 0.6 is 0 Å². The Morgan fingerprint density at radius 1 is 1.17 bits per heavy atom. The van der Waals surface area contributed by atoms with E-state index in [1.807, 2.05) is 0 Å². The molecule has 2 saturated heterocycles. The van der Waals surface area contributed by atoms with Crippen LogP contribution in [0.15, 0.2) is 0 Å². The summed E-state index contributed by atoms with van der Waals surface area (Å²) >= 11 is 0. The van der Waals surface area contributed by atoms with Crippen molar-refractivity contribution in [2.45, 2.75) is 63.1 Å². The maximum atomic E-state index is 10.8. The molecule has 0 aromatic carbocycles. The van der Waals surface area contributed by atoms with Crippen molar-refractivity contribution < 1.29 is 9.90 Å². The van der Waals surface area contributed by atoms with Gasteiger partial charge in [0.05, 0.1) is 6.42 Å². The molecule has 3 fully saturated rings. The molecule has 1 saturated carbocycles. The lowest BCUT2D eigenvalue weighted by atomic mass is 9.96. The summed E-state index contributed by atoms with van der Waals surface area (Å²) in [7, 11) is 0. The van der Waals surface area contributed by atoms with Crippen LogP contribution in [0.5, 0.6) is 0 Å². The molecule has 3 aliphatic rings. The summed E-state index contributed by atoms with van der Waals surface area (Å²) in [4.78, 5) is 15.9. The molecule has 4 heteroatoms. The van der Waals surface area contributed by atoms with E-state index in [-0.39, 0.29) is 0 Å². The van der Waals surface area contributed by atoms with Gasteiger partial charge in [-0.05, 0) is 51.6 Å². The zero-order chi connectivity index (χ0) is 12.5. The van der Waals surface area contributed by atoms with Crippen molar-refractivity contribution in [1.29, 1.82) is 0 Å². The van der Waals surface area contributed by atoms with Crippen LogP contribution in [0.3, 0.4) is 0 Å². The average Bonchev–Trinajstić information content (AvgIpc) is 3.07. The molecule has 0 amide bonds. The van der Waals surface area contributed by atoms with Gasteiger partial charge in [-0.25, -0.2) is 0 Å². The Bertz CT molecular complexity index is 317. The Morgan fingerprint density at radius 3 is 2.72 bits per heavy atom. The van der Waals surface area contributed by atoms with Crippen molar-refractivity contribution in [1.82, 2.24) is 9.80 Å². The highest BCUT2D eigenvalue weighted by Crippen LogP contribution is 2.35. The Kier molecular flexibility index (Phi) is 3.57. The van der Waals surface area contributed by atoms with Crippen molar-refractivity contribution in [3.63, 3.8) is 0 Å². The van der Waals surface area contributed by atoms with Crippen LogP contribution in [-0.2, 0) is 4.79 Å². The smallest absolute Gasteiger partial charge is 0.304 e. The van der Waals surface area contributed by atoms with Gasteiger partial charge in [-0.3, -0.25) is 9.69 Å². The Balaban J connectivity index is 1.58. The predicted octanol–water partition coefficient (Wildman–Crippen LogP) is 1.55. The van der Waals surface area contributed by atoms with Crippen molar-refractivity contribution >= 4 is 5.97 Å². The molecule has 4 nitrogen and oxygen atoms in total. The van der Waals surface area contributed by atoms with Gasteiger partial charge in [-0.2, -0.15) is 0 Å². The van der Waals surface area contributed by atoms with E-state index in [1.54, 1.807) is 0 Å². The second-order valence-corrected chi connectivity index (χ2v) is 6.12. The molecule has 102 valence electrons. The van der Waals surface area contributed by atoms with E-state index in [0.29, 0.717) is 18.5 Å². The van der Waals surface area contributed by atoms with Crippen LogP contribution < -0.4 is 0 Å². The number of rotatable bonds is 5. The number of carboxylic acids is 1. The standard InChI is InChI=1S/C14H24N2O2/c17-14(18)6-9-16(11-3-4-11)13-5-8-15-7-1-2-12(15)10-13/h11-13H,1-10H2,(H,17,18). The Morgan fingerprint density at radius 2 is 2.00 bits per heavy atom. The summed E-state index contributed by atoms with van der Waals surface area (Å²) in [5.74, 6) is -0.654. The number of hydrogen-bond acceptors (Lipinski definition) is 3. The lowest BCUT2D eigenvalue weighted by molar-refractivity contribution is -0.137. The van der Waals surface area contributed by atoms with E-state index in [9.17, 15) is 4.79 Å². The molecule has 0 radical (unpaired) electrons. The molecular weight excluding hydrogens is 228 g/mol. The largest absolute Gasteiger partial charge is 0.481 e. The predicted molar refractivity (Wildman–Crippen MR) is 69.6 cm³/mol. The zero-order valence-electron chi connectivity index (χ0n) is 11.1. The zero-order valence-corrected chi connectivity index (χ0v) is 11.1. The van der Waals surface area contributed by atoms with Crippen molar-refractivity contribution in [3.05, 3.63) is 0 Å². The molecule has 0 spiro atoms. The van der Waals surface area contributed by atoms with Gasteiger partial charge in [0.2, 0.25) is 0 Å². The molecule has 3 rings (SSSR count). The lowest BCUT2D eigenvalue weighted by Crippen LogP contribution is -2.48. The molecule has 18 heavy (non-hydrogen) atoms. The maximum Gasteiger partial charge on any atom is 0.304 e. The molecule has 0 bridgehead atoms. The van der Waals surface area contributed by atoms with E-state index in [2.05, 4.69) is 9.80 Å². The maximum absolute atomic E-state index is 10.8. The number of carboxylic acid groups (broad SMARTS) is 1. The first kappa shape index (κ1) is 12.4. The molecule has 1 N–H and O–H groups in total. The minimum atomic E-state index is -0.654. The molecule has 0 aromatic heterocycles. The van der Waals surface area contributed by atoms with Crippen LogP contribution in [0.25, 0.3) is 0 Å². The van der Waals surface area contributed by atoms with Crippen LogP contribution in [-0.4, -0.2) is 58.6 Å². The number of fused-ring (bicyclic) bond motifs is 1. The summed E-state index contributed by atoms with van der Waals surface area (Å²) in [6.07, 6.45) is 8.10. The Hall–Kier alpha value is -0.610. The monoisotopic (exact) mass is 252 g/mol. The third-order valence-corrected chi connectivity index (χ3v) is 4.86.